The van der Waals surface area contributed by atoms with E-state index in [1.165, 1.54) is 36.0 Å². The van der Waals surface area contributed by atoms with Gasteiger partial charge in [-0.25, -0.2) is 0 Å². The third kappa shape index (κ3) is 1.22. The highest BCUT2D eigenvalue weighted by Crippen LogP contribution is 2.36. The van der Waals surface area contributed by atoms with Crippen LogP contribution < -0.4 is 0 Å². The van der Waals surface area contributed by atoms with E-state index in [4.69, 9.17) is 0 Å². The third-order valence-electron chi connectivity index (χ3n) is 3.21. The average Bonchev–Trinajstić information content (AvgIpc) is 2.26. The predicted octanol–water partition coefficient (Wildman–Crippen LogP) is 3.71. The molecule has 14 heavy (non-hydrogen) atoms. The highest BCUT2D eigenvalue weighted by Gasteiger charge is 2.19. The molecule has 70 valence electrons. The minimum Gasteiger partial charge on any atom is -0.0836 e. The van der Waals surface area contributed by atoms with E-state index < -0.39 is 0 Å². The van der Waals surface area contributed by atoms with Crippen molar-refractivity contribution in [3.05, 3.63) is 59.3 Å². The van der Waals surface area contributed by atoms with Crippen LogP contribution in [-0.2, 0) is 0 Å². The Morgan fingerprint density at radius 3 is 3.21 bits per heavy atom. The molecule has 0 aliphatic heterocycles. The van der Waals surface area contributed by atoms with Crippen molar-refractivity contribution < 1.29 is 0 Å². The van der Waals surface area contributed by atoms with Gasteiger partial charge in [0, 0.05) is 5.92 Å². The van der Waals surface area contributed by atoms with Crippen molar-refractivity contribution in [2.75, 3.05) is 0 Å². The van der Waals surface area contributed by atoms with Gasteiger partial charge in [-0.1, -0.05) is 42.5 Å². The van der Waals surface area contributed by atoms with E-state index in [0.717, 1.165) is 0 Å². The Kier molecular flexibility index (Phi) is 1.80. The molecule has 0 fully saturated rings. The molecule has 0 saturated heterocycles. The van der Waals surface area contributed by atoms with E-state index in [1.54, 1.807) is 0 Å². The minimum absolute atomic E-state index is 0.640. The summed E-state index contributed by atoms with van der Waals surface area (Å²) in [7, 11) is 0. The first-order valence-electron chi connectivity index (χ1n) is 5.39. The fraction of sp³-hybridized carbons (Fsp3) is 0.286. The molecule has 0 spiro atoms. The van der Waals surface area contributed by atoms with Gasteiger partial charge in [0.1, 0.15) is 0 Å². The van der Waals surface area contributed by atoms with Crippen LogP contribution in [0.3, 0.4) is 0 Å². The maximum Gasteiger partial charge on any atom is 0.00617 e. The molecule has 0 aromatic heterocycles. The smallest absolute Gasteiger partial charge is 0.00617 e. The first kappa shape index (κ1) is 8.05. The third-order valence-corrected chi connectivity index (χ3v) is 3.21. The van der Waals surface area contributed by atoms with E-state index in [9.17, 15) is 0 Å². The lowest BCUT2D eigenvalue weighted by atomic mass is 9.80. The maximum absolute atomic E-state index is 2.43. The SMILES string of the molecule is C1=CCC2C=C3C=CCCC3=CC2=C1. The van der Waals surface area contributed by atoms with Crippen molar-refractivity contribution in [1.82, 2.24) is 0 Å². The molecule has 1 unspecified atom stereocenters. The van der Waals surface area contributed by atoms with Gasteiger partial charge >= 0.3 is 0 Å². The molecule has 0 amide bonds. The van der Waals surface area contributed by atoms with Gasteiger partial charge in [0.2, 0.25) is 0 Å². The topological polar surface area (TPSA) is 0 Å². The molecule has 0 saturated carbocycles. The highest BCUT2D eigenvalue weighted by molar-refractivity contribution is 5.53. The van der Waals surface area contributed by atoms with Gasteiger partial charge in [0.25, 0.3) is 0 Å². The fourth-order valence-corrected chi connectivity index (χ4v) is 2.42. The van der Waals surface area contributed by atoms with Crippen LogP contribution in [-0.4, -0.2) is 0 Å². The van der Waals surface area contributed by atoms with Crippen molar-refractivity contribution in [2.24, 2.45) is 5.92 Å². The second-order valence-electron chi connectivity index (χ2n) is 4.17. The van der Waals surface area contributed by atoms with Crippen LogP contribution >= 0.6 is 0 Å². The Hall–Kier alpha value is -1.30. The van der Waals surface area contributed by atoms with Crippen LogP contribution in [0.2, 0.25) is 0 Å². The number of hydrogen-bond donors (Lipinski definition) is 0. The lowest BCUT2D eigenvalue weighted by Crippen LogP contribution is -2.09. The van der Waals surface area contributed by atoms with E-state index in [-0.39, 0.29) is 0 Å². The van der Waals surface area contributed by atoms with Crippen LogP contribution in [0.15, 0.2) is 59.3 Å². The lowest BCUT2D eigenvalue weighted by molar-refractivity contribution is 0.760. The molecule has 0 bridgehead atoms. The summed E-state index contributed by atoms with van der Waals surface area (Å²) < 4.78 is 0. The average molecular weight is 182 g/mol. The summed E-state index contributed by atoms with van der Waals surface area (Å²) in [6.07, 6.45) is 19.7. The zero-order chi connectivity index (χ0) is 9.38. The van der Waals surface area contributed by atoms with Crippen molar-refractivity contribution in [2.45, 2.75) is 19.3 Å². The summed E-state index contributed by atoms with van der Waals surface area (Å²) >= 11 is 0. The van der Waals surface area contributed by atoms with E-state index in [2.05, 4.69) is 42.5 Å². The number of rotatable bonds is 0. The van der Waals surface area contributed by atoms with Crippen molar-refractivity contribution >= 4 is 0 Å². The summed E-state index contributed by atoms with van der Waals surface area (Å²) in [5.41, 5.74) is 4.50. The Morgan fingerprint density at radius 2 is 2.21 bits per heavy atom. The summed E-state index contributed by atoms with van der Waals surface area (Å²) in [6, 6.07) is 0. The normalized spacial score (nSPS) is 28.6. The van der Waals surface area contributed by atoms with Crippen molar-refractivity contribution in [3.63, 3.8) is 0 Å². The molecule has 0 aromatic rings. The standard InChI is InChI=1S/C14H14/c1-2-6-12-10-14-8-4-3-7-13(14)9-11(12)5-1/h1-3,6-7,9-11H,4-5,8H2. The van der Waals surface area contributed by atoms with Crippen LogP contribution in [0.1, 0.15) is 19.3 Å². The minimum atomic E-state index is 0.640. The van der Waals surface area contributed by atoms with Gasteiger partial charge < -0.3 is 0 Å². The van der Waals surface area contributed by atoms with Gasteiger partial charge in [0.05, 0.1) is 0 Å². The molecule has 0 radical (unpaired) electrons. The van der Waals surface area contributed by atoms with E-state index >= 15 is 0 Å². The van der Waals surface area contributed by atoms with Crippen LogP contribution in [0.5, 0.6) is 0 Å². The summed E-state index contributed by atoms with van der Waals surface area (Å²) in [6.45, 7) is 0. The summed E-state index contributed by atoms with van der Waals surface area (Å²) in [4.78, 5) is 0. The molecule has 0 nitrogen and oxygen atoms in total. The molecule has 0 N–H and O–H groups in total. The Morgan fingerprint density at radius 1 is 1.21 bits per heavy atom. The zero-order valence-electron chi connectivity index (χ0n) is 8.24. The number of hydrogen-bond acceptors (Lipinski definition) is 0. The lowest BCUT2D eigenvalue weighted by Gasteiger charge is -2.25. The van der Waals surface area contributed by atoms with Crippen molar-refractivity contribution in [1.29, 1.82) is 0 Å². The molecule has 1 atom stereocenters. The first-order valence-corrected chi connectivity index (χ1v) is 5.39. The largest absolute Gasteiger partial charge is 0.0836 e. The van der Waals surface area contributed by atoms with E-state index in [0.29, 0.717) is 5.92 Å². The van der Waals surface area contributed by atoms with Crippen molar-refractivity contribution in [3.8, 4) is 0 Å². The maximum atomic E-state index is 2.43. The highest BCUT2D eigenvalue weighted by atomic mass is 14.2. The van der Waals surface area contributed by atoms with Crippen LogP contribution in [0.25, 0.3) is 0 Å². The van der Waals surface area contributed by atoms with Gasteiger partial charge in [0.15, 0.2) is 0 Å². The molecule has 0 heteroatoms. The second-order valence-corrected chi connectivity index (χ2v) is 4.17. The van der Waals surface area contributed by atoms with E-state index in [1.807, 2.05) is 0 Å². The quantitative estimate of drug-likeness (QED) is 0.535. The Labute approximate surface area is 85.0 Å². The molecular formula is C14H14. The molecular weight excluding hydrogens is 168 g/mol. The molecule has 3 rings (SSSR count). The Bertz CT molecular complexity index is 400. The Balaban J connectivity index is 2.05. The first-order chi connectivity index (χ1) is 6.93. The fourth-order valence-electron chi connectivity index (χ4n) is 2.42. The molecule has 0 aromatic carbocycles. The van der Waals surface area contributed by atoms with Gasteiger partial charge in [-0.05, 0) is 36.0 Å². The number of fused-ring (bicyclic) bond motifs is 2. The summed E-state index contributed by atoms with van der Waals surface area (Å²) in [5.74, 6) is 0.640. The van der Waals surface area contributed by atoms with Crippen LogP contribution in [0, 0.1) is 5.92 Å². The summed E-state index contributed by atoms with van der Waals surface area (Å²) in [5, 5.41) is 0. The second kappa shape index (κ2) is 3.13. The van der Waals surface area contributed by atoms with Gasteiger partial charge in [-0.2, -0.15) is 0 Å². The number of allylic oxidation sites excluding steroid dienone is 10. The molecule has 3 aliphatic carbocycles. The van der Waals surface area contributed by atoms with Crippen LogP contribution in [0.4, 0.5) is 0 Å². The van der Waals surface area contributed by atoms with Gasteiger partial charge in [-0.15, -0.1) is 0 Å². The zero-order valence-corrected chi connectivity index (χ0v) is 8.24. The predicted molar refractivity (Wildman–Crippen MR) is 59.9 cm³/mol. The molecule has 0 heterocycles. The molecule has 3 aliphatic rings. The monoisotopic (exact) mass is 182 g/mol. The van der Waals surface area contributed by atoms with Gasteiger partial charge in [-0.3, -0.25) is 0 Å².